The SMILES string of the molecule is Cc1cc(N2CCc3sccc3C2C)ccc1/C(N)=N/O. The van der Waals surface area contributed by atoms with E-state index < -0.39 is 0 Å². The van der Waals surface area contributed by atoms with Crippen molar-refractivity contribution < 1.29 is 5.21 Å². The molecule has 1 atom stereocenters. The predicted octanol–water partition coefficient (Wildman–Crippen LogP) is 3.27. The molecule has 0 amide bonds. The van der Waals surface area contributed by atoms with Crippen LogP contribution in [-0.2, 0) is 6.42 Å². The smallest absolute Gasteiger partial charge is 0.170 e. The number of nitrogens with two attached hydrogens (primary N) is 1. The van der Waals surface area contributed by atoms with E-state index >= 15 is 0 Å². The summed E-state index contributed by atoms with van der Waals surface area (Å²) >= 11 is 1.85. The topological polar surface area (TPSA) is 61.8 Å². The van der Waals surface area contributed by atoms with Crippen LogP contribution in [0.3, 0.4) is 0 Å². The van der Waals surface area contributed by atoms with Crippen LogP contribution < -0.4 is 10.6 Å². The van der Waals surface area contributed by atoms with Crippen LogP contribution in [0.25, 0.3) is 0 Å². The van der Waals surface area contributed by atoms with Gasteiger partial charge in [0.2, 0.25) is 0 Å². The molecule has 1 aliphatic heterocycles. The number of hydrogen-bond donors (Lipinski definition) is 2. The molecule has 0 saturated heterocycles. The summed E-state index contributed by atoms with van der Waals surface area (Å²) < 4.78 is 0. The molecule has 110 valence electrons. The molecule has 0 radical (unpaired) electrons. The molecule has 0 bridgehead atoms. The van der Waals surface area contributed by atoms with Crippen LogP contribution in [0.5, 0.6) is 0 Å². The first kappa shape index (κ1) is 13.9. The van der Waals surface area contributed by atoms with Gasteiger partial charge in [-0.05, 0) is 61.0 Å². The second-order valence-corrected chi connectivity index (χ2v) is 6.40. The highest BCUT2D eigenvalue weighted by atomic mass is 32.1. The van der Waals surface area contributed by atoms with E-state index in [1.54, 1.807) is 0 Å². The van der Waals surface area contributed by atoms with Crippen molar-refractivity contribution in [1.29, 1.82) is 0 Å². The average Bonchev–Trinajstić information content (AvgIpc) is 2.96. The monoisotopic (exact) mass is 301 g/mol. The summed E-state index contributed by atoms with van der Waals surface area (Å²) in [4.78, 5) is 3.92. The number of amidine groups is 1. The van der Waals surface area contributed by atoms with Gasteiger partial charge in [0, 0.05) is 22.7 Å². The van der Waals surface area contributed by atoms with Crippen molar-refractivity contribution >= 4 is 22.9 Å². The fourth-order valence-corrected chi connectivity index (χ4v) is 3.99. The number of benzene rings is 1. The Bertz CT molecular complexity index is 693. The Balaban J connectivity index is 1.94. The van der Waals surface area contributed by atoms with Gasteiger partial charge in [-0.25, -0.2) is 0 Å². The Kier molecular flexibility index (Phi) is 3.59. The van der Waals surface area contributed by atoms with E-state index in [4.69, 9.17) is 10.9 Å². The van der Waals surface area contributed by atoms with Crippen LogP contribution in [0.4, 0.5) is 5.69 Å². The summed E-state index contributed by atoms with van der Waals surface area (Å²) in [5, 5.41) is 14.1. The highest BCUT2D eigenvalue weighted by Crippen LogP contribution is 2.36. The van der Waals surface area contributed by atoms with E-state index in [1.807, 2.05) is 30.4 Å². The lowest BCUT2D eigenvalue weighted by Crippen LogP contribution is -2.33. The lowest BCUT2D eigenvalue weighted by molar-refractivity contribution is 0.318. The van der Waals surface area contributed by atoms with Gasteiger partial charge < -0.3 is 15.8 Å². The summed E-state index contributed by atoms with van der Waals surface area (Å²) in [5.41, 5.74) is 10.1. The van der Waals surface area contributed by atoms with Crippen molar-refractivity contribution in [2.75, 3.05) is 11.4 Å². The van der Waals surface area contributed by atoms with Crippen molar-refractivity contribution in [2.45, 2.75) is 26.3 Å². The van der Waals surface area contributed by atoms with Gasteiger partial charge in [-0.2, -0.15) is 0 Å². The van der Waals surface area contributed by atoms with Crippen LogP contribution in [0.2, 0.25) is 0 Å². The maximum atomic E-state index is 8.81. The zero-order chi connectivity index (χ0) is 15.0. The third-order valence-corrected chi connectivity index (χ3v) is 5.20. The van der Waals surface area contributed by atoms with E-state index in [-0.39, 0.29) is 5.84 Å². The maximum Gasteiger partial charge on any atom is 0.170 e. The third kappa shape index (κ3) is 2.38. The van der Waals surface area contributed by atoms with Crippen LogP contribution in [-0.4, -0.2) is 17.6 Å². The lowest BCUT2D eigenvalue weighted by Gasteiger charge is -2.36. The number of fused-ring (bicyclic) bond motifs is 1. The van der Waals surface area contributed by atoms with Crippen molar-refractivity contribution in [1.82, 2.24) is 0 Å². The standard InChI is InChI=1S/C16H19N3OS/c1-10-9-12(3-4-13(10)16(17)18-20)19-7-5-15-14(11(19)2)6-8-21-15/h3-4,6,8-9,11,20H,5,7H2,1-2H3,(H2,17,18). The second-order valence-electron chi connectivity index (χ2n) is 5.40. The number of nitrogens with zero attached hydrogens (tertiary/aromatic N) is 2. The largest absolute Gasteiger partial charge is 0.409 e. The van der Waals surface area contributed by atoms with Crippen LogP contribution in [0.15, 0.2) is 34.8 Å². The minimum absolute atomic E-state index is 0.158. The van der Waals surface area contributed by atoms with Crippen LogP contribution in [0, 0.1) is 6.92 Å². The Labute approximate surface area is 128 Å². The second kappa shape index (κ2) is 5.41. The van der Waals surface area contributed by atoms with Gasteiger partial charge in [0.05, 0.1) is 6.04 Å². The van der Waals surface area contributed by atoms with Gasteiger partial charge >= 0.3 is 0 Å². The third-order valence-electron chi connectivity index (χ3n) is 4.20. The Morgan fingerprint density at radius 2 is 2.24 bits per heavy atom. The van der Waals surface area contributed by atoms with Gasteiger partial charge in [-0.15, -0.1) is 11.3 Å². The van der Waals surface area contributed by atoms with Gasteiger partial charge in [0.15, 0.2) is 5.84 Å². The van der Waals surface area contributed by atoms with Crippen molar-refractivity contribution in [3.63, 3.8) is 0 Å². The van der Waals surface area contributed by atoms with Crippen LogP contribution >= 0.6 is 11.3 Å². The molecule has 21 heavy (non-hydrogen) atoms. The summed E-state index contributed by atoms with van der Waals surface area (Å²) in [6, 6.07) is 8.70. The molecule has 1 aromatic carbocycles. The van der Waals surface area contributed by atoms with Crippen molar-refractivity contribution in [3.8, 4) is 0 Å². The van der Waals surface area contributed by atoms with Gasteiger partial charge in [0.1, 0.15) is 0 Å². The van der Waals surface area contributed by atoms with E-state index in [0.29, 0.717) is 6.04 Å². The maximum absolute atomic E-state index is 8.81. The lowest BCUT2D eigenvalue weighted by atomic mass is 9.99. The van der Waals surface area contributed by atoms with Crippen molar-refractivity contribution in [3.05, 3.63) is 51.2 Å². The first-order valence-corrected chi connectivity index (χ1v) is 7.91. The number of anilines is 1. The molecule has 3 N–H and O–H groups in total. The molecule has 5 heteroatoms. The number of thiophene rings is 1. The highest BCUT2D eigenvalue weighted by molar-refractivity contribution is 7.10. The minimum atomic E-state index is 0.158. The molecule has 3 rings (SSSR count). The fraction of sp³-hybridized carbons (Fsp3) is 0.312. The fourth-order valence-electron chi connectivity index (χ4n) is 3.03. The number of rotatable bonds is 2. The molecule has 0 aliphatic carbocycles. The summed E-state index contributed by atoms with van der Waals surface area (Å²) in [7, 11) is 0. The quantitative estimate of drug-likeness (QED) is 0.387. The van der Waals surface area contributed by atoms with Crippen LogP contribution in [0.1, 0.15) is 34.5 Å². The molecule has 0 spiro atoms. The highest BCUT2D eigenvalue weighted by Gasteiger charge is 2.25. The number of hydrogen-bond acceptors (Lipinski definition) is 4. The molecule has 0 saturated carbocycles. The summed E-state index contributed by atoms with van der Waals surface area (Å²) in [6.45, 7) is 5.26. The van der Waals surface area contributed by atoms with Gasteiger partial charge in [-0.3, -0.25) is 0 Å². The predicted molar refractivity (Wildman–Crippen MR) is 87.5 cm³/mol. The van der Waals surface area contributed by atoms with E-state index in [0.717, 1.165) is 24.1 Å². The molecular formula is C16H19N3OS. The zero-order valence-electron chi connectivity index (χ0n) is 12.2. The Morgan fingerprint density at radius 1 is 1.43 bits per heavy atom. The molecule has 4 nitrogen and oxygen atoms in total. The molecule has 0 fully saturated rings. The van der Waals surface area contributed by atoms with Gasteiger partial charge in [0.25, 0.3) is 0 Å². The molecule has 1 aliphatic rings. The molecular weight excluding hydrogens is 282 g/mol. The minimum Gasteiger partial charge on any atom is -0.409 e. The first-order chi connectivity index (χ1) is 10.1. The number of aryl methyl sites for hydroxylation is 1. The Hall–Kier alpha value is -2.01. The molecule has 2 heterocycles. The van der Waals surface area contributed by atoms with Gasteiger partial charge in [-0.1, -0.05) is 5.16 Å². The normalized spacial score (nSPS) is 18.7. The Morgan fingerprint density at radius 3 is 2.95 bits per heavy atom. The molecule has 2 aromatic rings. The zero-order valence-corrected chi connectivity index (χ0v) is 13.0. The summed E-state index contributed by atoms with van der Waals surface area (Å²) in [5.74, 6) is 0.158. The molecule has 1 unspecified atom stereocenters. The first-order valence-electron chi connectivity index (χ1n) is 7.03. The number of oxime groups is 1. The van der Waals surface area contributed by atoms with E-state index in [9.17, 15) is 0 Å². The van der Waals surface area contributed by atoms with E-state index in [2.05, 4.69) is 34.5 Å². The average molecular weight is 301 g/mol. The van der Waals surface area contributed by atoms with Crippen molar-refractivity contribution in [2.24, 2.45) is 10.9 Å². The molecule has 1 aromatic heterocycles. The van der Waals surface area contributed by atoms with E-state index in [1.165, 1.54) is 16.1 Å². The summed E-state index contributed by atoms with van der Waals surface area (Å²) in [6.07, 6.45) is 1.10.